The van der Waals surface area contributed by atoms with Crippen molar-refractivity contribution >= 4 is 45.0 Å². The van der Waals surface area contributed by atoms with Crippen molar-refractivity contribution in [2.45, 2.75) is 52.4 Å². The number of rotatable bonds is 6. The number of hydrogen-bond donors (Lipinski definition) is 0. The van der Waals surface area contributed by atoms with Crippen molar-refractivity contribution in [2.75, 3.05) is 32.1 Å². The third-order valence-electron chi connectivity index (χ3n) is 5.51. The van der Waals surface area contributed by atoms with Crippen LogP contribution in [0.25, 0.3) is 10.2 Å². The molecule has 1 fully saturated rings. The molecule has 1 aliphatic rings. The number of carbonyl (C=O) groups excluding carboxylic acids is 1. The number of hydrogen-bond acceptors (Lipinski definition) is 4. The van der Waals surface area contributed by atoms with Crippen LogP contribution in [0.3, 0.4) is 0 Å². The summed E-state index contributed by atoms with van der Waals surface area (Å²) in [6.07, 6.45) is 6.67. The highest BCUT2D eigenvalue weighted by Gasteiger charge is 2.28. The fourth-order valence-electron chi connectivity index (χ4n) is 3.74. The van der Waals surface area contributed by atoms with E-state index in [1.165, 1.54) is 35.1 Å². The monoisotopic (exact) mass is 409 g/mol. The molecule has 27 heavy (non-hydrogen) atoms. The topological polar surface area (TPSA) is 36.4 Å². The predicted molar refractivity (Wildman–Crippen MR) is 118 cm³/mol. The number of carbonyl (C=O) groups is 1. The summed E-state index contributed by atoms with van der Waals surface area (Å²) < 4.78 is 1.18. The van der Waals surface area contributed by atoms with Gasteiger partial charge in [0.1, 0.15) is 0 Å². The zero-order chi connectivity index (χ0) is 18.7. The summed E-state index contributed by atoms with van der Waals surface area (Å²) in [5, 5.41) is 0.878. The van der Waals surface area contributed by atoms with Gasteiger partial charge in [-0.25, -0.2) is 4.98 Å². The lowest BCUT2D eigenvalue weighted by atomic mass is 9.88. The molecule has 1 heterocycles. The Balaban J connectivity index is 0.00000261. The van der Waals surface area contributed by atoms with Crippen LogP contribution in [-0.2, 0) is 4.79 Å². The molecule has 6 heteroatoms. The van der Waals surface area contributed by atoms with Gasteiger partial charge in [-0.1, -0.05) is 36.7 Å². The molecule has 0 atom stereocenters. The Kier molecular flexibility index (Phi) is 8.07. The molecular weight excluding hydrogens is 378 g/mol. The second-order valence-electron chi connectivity index (χ2n) is 7.83. The molecule has 0 unspecified atom stereocenters. The molecule has 0 saturated heterocycles. The van der Waals surface area contributed by atoms with E-state index in [0.717, 1.165) is 43.0 Å². The Bertz CT molecular complexity index is 768. The predicted octanol–water partition coefficient (Wildman–Crippen LogP) is 5.20. The highest BCUT2D eigenvalue weighted by Crippen LogP contribution is 2.34. The number of amides is 1. The molecule has 0 spiro atoms. The van der Waals surface area contributed by atoms with E-state index in [-0.39, 0.29) is 24.2 Å². The van der Waals surface area contributed by atoms with Gasteiger partial charge in [0.25, 0.3) is 0 Å². The van der Waals surface area contributed by atoms with Crippen LogP contribution in [0.1, 0.15) is 49.7 Å². The van der Waals surface area contributed by atoms with Crippen molar-refractivity contribution in [1.82, 2.24) is 9.88 Å². The molecule has 1 amide bonds. The first-order valence-corrected chi connectivity index (χ1v) is 10.6. The van der Waals surface area contributed by atoms with Crippen molar-refractivity contribution in [3.8, 4) is 0 Å². The molecule has 2 aromatic rings. The van der Waals surface area contributed by atoms with E-state index in [0.29, 0.717) is 0 Å². The first kappa shape index (κ1) is 22.1. The average Bonchev–Trinajstić information content (AvgIpc) is 3.06. The molecule has 0 N–H and O–H groups in total. The van der Waals surface area contributed by atoms with E-state index in [1.807, 2.05) is 4.90 Å². The van der Waals surface area contributed by atoms with Crippen molar-refractivity contribution < 1.29 is 4.79 Å². The number of aromatic nitrogens is 1. The fourth-order valence-corrected chi connectivity index (χ4v) is 4.80. The summed E-state index contributed by atoms with van der Waals surface area (Å²) in [7, 11) is 4.16. The quantitative estimate of drug-likeness (QED) is 0.657. The summed E-state index contributed by atoms with van der Waals surface area (Å²) in [4.78, 5) is 22.3. The van der Waals surface area contributed by atoms with Gasteiger partial charge in [0.05, 0.1) is 10.2 Å². The van der Waals surface area contributed by atoms with Crippen LogP contribution < -0.4 is 4.90 Å². The van der Waals surface area contributed by atoms with Gasteiger partial charge < -0.3 is 4.90 Å². The van der Waals surface area contributed by atoms with Gasteiger partial charge >= 0.3 is 0 Å². The third-order valence-corrected chi connectivity index (χ3v) is 6.56. The van der Waals surface area contributed by atoms with Crippen LogP contribution in [-0.4, -0.2) is 43.0 Å². The minimum absolute atomic E-state index is 0. The Hall–Kier alpha value is -1.17. The van der Waals surface area contributed by atoms with Gasteiger partial charge in [0.2, 0.25) is 5.91 Å². The van der Waals surface area contributed by atoms with Gasteiger partial charge in [-0.2, -0.15) is 0 Å². The second-order valence-corrected chi connectivity index (χ2v) is 8.84. The molecule has 0 aliphatic heterocycles. The molecular formula is C21H32ClN3OS. The van der Waals surface area contributed by atoms with E-state index in [1.54, 1.807) is 11.3 Å². The number of aryl methyl sites for hydroxylation is 2. The maximum absolute atomic E-state index is 13.3. The number of anilines is 1. The molecule has 1 aliphatic carbocycles. The minimum Gasteiger partial charge on any atom is -0.309 e. The highest BCUT2D eigenvalue weighted by molar-refractivity contribution is 7.22. The summed E-state index contributed by atoms with van der Waals surface area (Å²) in [6.45, 7) is 5.99. The first-order chi connectivity index (χ1) is 12.5. The molecule has 1 aromatic heterocycles. The van der Waals surface area contributed by atoms with Gasteiger partial charge in [-0.05, 0) is 70.9 Å². The molecule has 0 radical (unpaired) electrons. The highest BCUT2D eigenvalue weighted by atomic mass is 35.5. The average molecular weight is 410 g/mol. The summed E-state index contributed by atoms with van der Waals surface area (Å²) in [5.41, 5.74) is 3.54. The summed E-state index contributed by atoms with van der Waals surface area (Å²) in [6, 6.07) is 4.29. The largest absolute Gasteiger partial charge is 0.309 e. The summed E-state index contributed by atoms with van der Waals surface area (Å²) in [5.74, 6) is 0.467. The molecule has 1 aromatic carbocycles. The van der Waals surface area contributed by atoms with Gasteiger partial charge in [0.15, 0.2) is 5.13 Å². The van der Waals surface area contributed by atoms with Crippen molar-refractivity contribution in [3.63, 3.8) is 0 Å². The zero-order valence-electron chi connectivity index (χ0n) is 17.0. The van der Waals surface area contributed by atoms with Crippen molar-refractivity contribution in [3.05, 3.63) is 23.3 Å². The molecule has 3 rings (SSSR count). The lowest BCUT2D eigenvalue weighted by Gasteiger charge is -2.28. The number of fused-ring (bicyclic) bond motifs is 1. The smallest absolute Gasteiger partial charge is 0.231 e. The van der Waals surface area contributed by atoms with Gasteiger partial charge in [0, 0.05) is 12.5 Å². The van der Waals surface area contributed by atoms with E-state index in [2.05, 4.69) is 45.0 Å². The molecule has 0 bridgehead atoms. The second kappa shape index (κ2) is 9.85. The first-order valence-electron chi connectivity index (χ1n) is 9.80. The lowest BCUT2D eigenvalue weighted by Crippen LogP contribution is -2.38. The van der Waals surface area contributed by atoms with E-state index >= 15 is 0 Å². The Morgan fingerprint density at radius 2 is 1.85 bits per heavy atom. The van der Waals surface area contributed by atoms with E-state index in [4.69, 9.17) is 4.98 Å². The Morgan fingerprint density at radius 1 is 1.15 bits per heavy atom. The SMILES string of the molecule is Cc1ccc2sc(N(CCCN(C)C)C(=O)C3CCCCC3)nc2c1C.Cl. The van der Waals surface area contributed by atoms with Crippen LogP contribution in [0, 0.1) is 19.8 Å². The van der Waals surface area contributed by atoms with Crippen LogP contribution >= 0.6 is 23.7 Å². The van der Waals surface area contributed by atoms with Gasteiger partial charge in [-0.15, -0.1) is 12.4 Å². The van der Waals surface area contributed by atoms with Crippen molar-refractivity contribution in [2.24, 2.45) is 5.92 Å². The van der Waals surface area contributed by atoms with Gasteiger partial charge in [-0.3, -0.25) is 9.69 Å². The fraction of sp³-hybridized carbons (Fsp3) is 0.619. The lowest BCUT2D eigenvalue weighted by molar-refractivity contribution is -0.123. The van der Waals surface area contributed by atoms with E-state index in [9.17, 15) is 4.79 Å². The minimum atomic E-state index is 0. The molecule has 1 saturated carbocycles. The standard InChI is InChI=1S/C21H31N3OS.ClH/c1-15-11-12-18-19(16(15)2)22-21(26-18)24(14-8-13-23(3)4)20(25)17-9-6-5-7-10-17;/h11-12,17H,5-10,13-14H2,1-4H3;1H. The van der Waals surface area contributed by atoms with Crippen molar-refractivity contribution in [1.29, 1.82) is 0 Å². The Morgan fingerprint density at radius 3 is 2.52 bits per heavy atom. The zero-order valence-corrected chi connectivity index (χ0v) is 18.6. The normalized spacial score (nSPS) is 15.1. The number of benzene rings is 1. The van der Waals surface area contributed by atoms with Crippen LogP contribution in [0.4, 0.5) is 5.13 Å². The molecule has 4 nitrogen and oxygen atoms in total. The number of halogens is 1. The van der Waals surface area contributed by atoms with E-state index < -0.39 is 0 Å². The third kappa shape index (κ3) is 5.21. The number of thiazole rings is 1. The Labute approximate surface area is 173 Å². The van der Waals surface area contributed by atoms with Crippen LogP contribution in [0.15, 0.2) is 12.1 Å². The molecule has 150 valence electrons. The summed E-state index contributed by atoms with van der Waals surface area (Å²) >= 11 is 1.66. The van der Waals surface area contributed by atoms with Crippen LogP contribution in [0.5, 0.6) is 0 Å². The van der Waals surface area contributed by atoms with Crippen LogP contribution in [0.2, 0.25) is 0 Å². The maximum Gasteiger partial charge on any atom is 0.231 e. The number of nitrogens with zero attached hydrogens (tertiary/aromatic N) is 3. The maximum atomic E-state index is 13.3.